The van der Waals surface area contributed by atoms with Crippen molar-refractivity contribution < 1.29 is 9.53 Å². The van der Waals surface area contributed by atoms with E-state index in [2.05, 4.69) is 25.9 Å². The first kappa shape index (κ1) is 15.2. The van der Waals surface area contributed by atoms with Gasteiger partial charge in [-0.25, -0.2) is 9.78 Å². The molecule has 0 aliphatic carbocycles. The molecule has 0 radical (unpaired) electrons. The van der Waals surface area contributed by atoms with E-state index in [1.807, 2.05) is 18.2 Å². The number of rotatable bonds is 4. The standard InChI is InChI=1S/C16H19N5O2/c1-17-15-6-11(2-4-18-15)8-20-16(22)21-13-7-12-10-23-5-3-14(12)19-9-13/h2,4,6-7,9H,3,5,8,10H2,1H3,(H,17,18)(H2,20,21,22). The van der Waals surface area contributed by atoms with Crippen molar-refractivity contribution in [3.05, 3.63) is 47.4 Å². The van der Waals surface area contributed by atoms with Crippen LogP contribution in [0.2, 0.25) is 0 Å². The van der Waals surface area contributed by atoms with Gasteiger partial charge in [0, 0.05) is 37.5 Å². The van der Waals surface area contributed by atoms with E-state index in [1.54, 1.807) is 19.4 Å². The van der Waals surface area contributed by atoms with E-state index in [0.717, 1.165) is 29.1 Å². The van der Waals surface area contributed by atoms with Crippen LogP contribution in [0.25, 0.3) is 0 Å². The molecule has 0 aromatic carbocycles. The number of amides is 2. The number of nitrogens with zero attached hydrogens (tertiary/aromatic N) is 2. The maximum absolute atomic E-state index is 12.0. The van der Waals surface area contributed by atoms with Gasteiger partial charge in [-0.05, 0) is 23.8 Å². The number of hydrogen-bond donors (Lipinski definition) is 3. The molecule has 0 spiro atoms. The minimum absolute atomic E-state index is 0.272. The summed E-state index contributed by atoms with van der Waals surface area (Å²) < 4.78 is 5.40. The van der Waals surface area contributed by atoms with Gasteiger partial charge in [0.05, 0.1) is 25.1 Å². The summed E-state index contributed by atoms with van der Waals surface area (Å²) in [6.07, 6.45) is 4.20. The fraction of sp³-hybridized carbons (Fsp3) is 0.312. The van der Waals surface area contributed by atoms with Crippen LogP contribution in [-0.2, 0) is 24.3 Å². The topological polar surface area (TPSA) is 88.2 Å². The zero-order chi connectivity index (χ0) is 16.1. The number of pyridine rings is 2. The number of nitrogens with one attached hydrogen (secondary N) is 3. The van der Waals surface area contributed by atoms with E-state index in [0.29, 0.717) is 25.4 Å². The van der Waals surface area contributed by atoms with Crippen LogP contribution in [0.3, 0.4) is 0 Å². The van der Waals surface area contributed by atoms with Crippen LogP contribution in [0.1, 0.15) is 16.8 Å². The summed E-state index contributed by atoms with van der Waals surface area (Å²) in [6.45, 7) is 1.67. The quantitative estimate of drug-likeness (QED) is 0.802. The Morgan fingerprint density at radius 2 is 2.26 bits per heavy atom. The molecule has 1 aliphatic heterocycles. The van der Waals surface area contributed by atoms with Crippen molar-refractivity contribution >= 4 is 17.5 Å². The average molecular weight is 313 g/mol. The summed E-state index contributed by atoms with van der Waals surface area (Å²) in [6, 6.07) is 5.38. The predicted molar refractivity (Wildman–Crippen MR) is 87.2 cm³/mol. The lowest BCUT2D eigenvalue weighted by Gasteiger charge is -2.16. The number of ether oxygens (including phenoxy) is 1. The molecule has 2 aromatic heterocycles. The molecule has 3 rings (SSSR count). The number of anilines is 2. The third-order valence-electron chi connectivity index (χ3n) is 3.59. The Labute approximate surface area is 134 Å². The first-order valence-corrected chi connectivity index (χ1v) is 7.47. The van der Waals surface area contributed by atoms with E-state index >= 15 is 0 Å². The van der Waals surface area contributed by atoms with E-state index in [1.165, 1.54) is 0 Å². The van der Waals surface area contributed by atoms with Gasteiger partial charge in [-0.15, -0.1) is 0 Å². The maximum atomic E-state index is 12.0. The summed E-state index contributed by atoms with van der Waals surface area (Å²) in [5.74, 6) is 0.767. The molecule has 3 heterocycles. The molecule has 0 saturated heterocycles. The Hall–Kier alpha value is -2.67. The number of carbonyl (C=O) groups excluding carboxylic acids is 1. The maximum Gasteiger partial charge on any atom is 0.319 e. The first-order chi connectivity index (χ1) is 11.2. The Balaban J connectivity index is 1.56. The van der Waals surface area contributed by atoms with Crippen LogP contribution < -0.4 is 16.0 Å². The molecule has 0 fully saturated rings. The molecule has 0 atom stereocenters. The molecular formula is C16H19N5O2. The fourth-order valence-electron chi connectivity index (χ4n) is 2.39. The molecule has 1 aliphatic rings. The summed E-state index contributed by atoms with van der Waals surface area (Å²) in [4.78, 5) is 20.5. The highest BCUT2D eigenvalue weighted by Gasteiger charge is 2.12. The molecular weight excluding hydrogens is 294 g/mol. The molecule has 120 valence electrons. The summed E-state index contributed by atoms with van der Waals surface area (Å²) in [5.41, 5.74) is 3.70. The third kappa shape index (κ3) is 3.95. The van der Waals surface area contributed by atoms with Crippen molar-refractivity contribution in [2.45, 2.75) is 19.6 Å². The number of aromatic nitrogens is 2. The Morgan fingerprint density at radius 1 is 1.35 bits per heavy atom. The monoisotopic (exact) mass is 313 g/mol. The second kappa shape index (κ2) is 7.06. The Morgan fingerprint density at radius 3 is 3.13 bits per heavy atom. The fourth-order valence-corrected chi connectivity index (χ4v) is 2.39. The van der Waals surface area contributed by atoms with Gasteiger partial charge in [0.2, 0.25) is 0 Å². The minimum atomic E-state index is -0.272. The van der Waals surface area contributed by atoms with Crippen molar-refractivity contribution in [2.75, 3.05) is 24.3 Å². The number of fused-ring (bicyclic) bond motifs is 1. The van der Waals surface area contributed by atoms with Gasteiger partial charge in [0.15, 0.2) is 0 Å². The van der Waals surface area contributed by atoms with Gasteiger partial charge in [-0.1, -0.05) is 0 Å². The molecule has 2 aromatic rings. The lowest BCUT2D eigenvalue weighted by molar-refractivity contribution is 0.109. The van der Waals surface area contributed by atoms with Gasteiger partial charge in [-0.2, -0.15) is 0 Å². The van der Waals surface area contributed by atoms with Crippen molar-refractivity contribution in [1.82, 2.24) is 15.3 Å². The number of carbonyl (C=O) groups is 1. The predicted octanol–water partition coefficient (Wildman–Crippen LogP) is 1.91. The molecule has 7 heteroatoms. The molecule has 2 amide bonds. The van der Waals surface area contributed by atoms with Gasteiger partial charge in [-0.3, -0.25) is 4.98 Å². The van der Waals surface area contributed by atoms with Crippen LogP contribution in [0, 0.1) is 0 Å². The van der Waals surface area contributed by atoms with Crippen molar-refractivity contribution in [2.24, 2.45) is 0 Å². The molecule has 3 N–H and O–H groups in total. The summed E-state index contributed by atoms with van der Waals surface area (Å²) in [7, 11) is 1.80. The zero-order valence-electron chi connectivity index (χ0n) is 12.9. The highest BCUT2D eigenvalue weighted by molar-refractivity contribution is 5.89. The summed E-state index contributed by atoms with van der Waals surface area (Å²) in [5, 5.41) is 8.57. The van der Waals surface area contributed by atoms with Crippen molar-refractivity contribution in [1.29, 1.82) is 0 Å². The molecule has 23 heavy (non-hydrogen) atoms. The van der Waals surface area contributed by atoms with E-state index in [9.17, 15) is 4.79 Å². The largest absolute Gasteiger partial charge is 0.376 e. The second-order valence-electron chi connectivity index (χ2n) is 5.24. The molecule has 0 bridgehead atoms. The third-order valence-corrected chi connectivity index (χ3v) is 3.59. The second-order valence-corrected chi connectivity index (χ2v) is 5.24. The minimum Gasteiger partial charge on any atom is -0.376 e. The van der Waals surface area contributed by atoms with Crippen LogP contribution in [0.15, 0.2) is 30.6 Å². The average Bonchev–Trinajstić information content (AvgIpc) is 2.60. The van der Waals surface area contributed by atoms with Gasteiger partial charge < -0.3 is 20.7 Å². The lowest BCUT2D eigenvalue weighted by atomic mass is 10.1. The Kier molecular flexibility index (Phi) is 4.68. The van der Waals surface area contributed by atoms with Gasteiger partial charge in [0.1, 0.15) is 5.82 Å². The number of hydrogen-bond acceptors (Lipinski definition) is 5. The highest BCUT2D eigenvalue weighted by atomic mass is 16.5. The normalized spacial score (nSPS) is 13.1. The molecule has 0 unspecified atom stereocenters. The van der Waals surface area contributed by atoms with Crippen molar-refractivity contribution in [3.63, 3.8) is 0 Å². The van der Waals surface area contributed by atoms with E-state index < -0.39 is 0 Å². The van der Waals surface area contributed by atoms with E-state index in [4.69, 9.17) is 4.74 Å². The van der Waals surface area contributed by atoms with Crippen LogP contribution in [0.5, 0.6) is 0 Å². The van der Waals surface area contributed by atoms with Gasteiger partial charge in [0.25, 0.3) is 0 Å². The lowest BCUT2D eigenvalue weighted by Crippen LogP contribution is -2.28. The molecule has 0 saturated carbocycles. The Bertz CT molecular complexity index is 705. The SMILES string of the molecule is CNc1cc(CNC(=O)Nc2cnc3c(c2)COCC3)ccn1. The van der Waals surface area contributed by atoms with E-state index in [-0.39, 0.29) is 6.03 Å². The van der Waals surface area contributed by atoms with Crippen LogP contribution >= 0.6 is 0 Å². The van der Waals surface area contributed by atoms with Crippen LogP contribution in [-0.4, -0.2) is 29.7 Å². The highest BCUT2D eigenvalue weighted by Crippen LogP contribution is 2.18. The molecule has 7 nitrogen and oxygen atoms in total. The van der Waals surface area contributed by atoms with Gasteiger partial charge >= 0.3 is 6.03 Å². The number of urea groups is 1. The summed E-state index contributed by atoms with van der Waals surface area (Å²) >= 11 is 0. The van der Waals surface area contributed by atoms with Crippen molar-refractivity contribution in [3.8, 4) is 0 Å². The van der Waals surface area contributed by atoms with Crippen LogP contribution in [0.4, 0.5) is 16.3 Å². The first-order valence-electron chi connectivity index (χ1n) is 7.47. The smallest absolute Gasteiger partial charge is 0.319 e. The zero-order valence-corrected chi connectivity index (χ0v) is 12.9.